The summed E-state index contributed by atoms with van der Waals surface area (Å²) in [5.74, 6) is 0.0547. The molecular weight excluding hydrogens is 264 g/mol. The molecule has 2 unspecified atom stereocenters. The summed E-state index contributed by atoms with van der Waals surface area (Å²) < 4.78 is 5.38. The van der Waals surface area contributed by atoms with Gasteiger partial charge in [-0.15, -0.1) is 0 Å². The predicted octanol–water partition coefficient (Wildman–Crippen LogP) is 3.11. The topological polar surface area (TPSA) is 50.4 Å². The van der Waals surface area contributed by atoms with E-state index in [0.717, 1.165) is 38.1 Å². The van der Waals surface area contributed by atoms with Crippen LogP contribution in [0, 0.1) is 5.92 Å². The third kappa shape index (κ3) is 4.83. The van der Waals surface area contributed by atoms with E-state index >= 15 is 0 Å². The molecular formula is C17H26N2O2. The van der Waals surface area contributed by atoms with Crippen LogP contribution in [-0.2, 0) is 9.53 Å². The highest BCUT2D eigenvalue weighted by atomic mass is 16.5. The zero-order valence-corrected chi connectivity index (χ0v) is 13.0. The highest BCUT2D eigenvalue weighted by molar-refractivity contribution is 5.92. The van der Waals surface area contributed by atoms with Crippen molar-refractivity contribution in [1.29, 1.82) is 0 Å². The lowest BCUT2D eigenvalue weighted by atomic mass is 10.0. The molecule has 1 aliphatic heterocycles. The zero-order chi connectivity index (χ0) is 15.1. The van der Waals surface area contributed by atoms with Crippen molar-refractivity contribution in [2.45, 2.75) is 39.2 Å². The number of hydrogen-bond donors (Lipinski definition) is 2. The lowest BCUT2D eigenvalue weighted by molar-refractivity contribution is -0.123. The molecule has 1 heterocycles. The normalized spacial score (nSPS) is 20.0. The van der Waals surface area contributed by atoms with Crippen molar-refractivity contribution < 1.29 is 9.53 Å². The van der Waals surface area contributed by atoms with Crippen LogP contribution in [0.2, 0.25) is 0 Å². The standard InChI is InChI=1S/C17H26N2O2/c1-3-9-18-13(2)14-6-4-8-16(11-14)19-17(20)15-7-5-10-21-12-15/h4,6,8,11,13,15,18H,3,5,7,9-10,12H2,1-2H3,(H,19,20). The number of carbonyl (C=O) groups is 1. The minimum absolute atomic E-state index is 0.0157. The molecule has 0 spiro atoms. The maximum atomic E-state index is 12.2. The summed E-state index contributed by atoms with van der Waals surface area (Å²) in [7, 11) is 0. The minimum Gasteiger partial charge on any atom is -0.381 e. The van der Waals surface area contributed by atoms with Crippen molar-refractivity contribution in [3.8, 4) is 0 Å². The fourth-order valence-corrected chi connectivity index (χ4v) is 2.56. The molecule has 0 aromatic heterocycles. The SMILES string of the molecule is CCCNC(C)c1cccc(NC(=O)C2CCCOC2)c1. The Labute approximate surface area is 127 Å². The molecule has 0 saturated carbocycles. The van der Waals surface area contributed by atoms with Gasteiger partial charge in [-0.05, 0) is 50.4 Å². The van der Waals surface area contributed by atoms with Gasteiger partial charge in [-0.25, -0.2) is 0 Å². The molecule has 4 nitrogen and oxygen atoms in total. The number of anilines is 1. The molecule has 4 heteroatoms. The van der Waals surface area contributed by atoms with Crippen LogP contribution < -0.4 is 10.6 Å². The number of nitrogens with one attached hydrogen (secondary N) is 2. The highest BCUT2D eigenvalue weighted by Crippen LogP contribution is 2.20. The number of benzene rings is 1. The largest absolute Gasteiger partial charge is 0.381 e. The van der Waals surface area contributed by atoms with Crippen molar-refractivity contribution >= 4 is 11.6 Å². The van der Waals surface area contributed by atoms with E-state index in [1.807, 2.05) is 12.1 Å². The van der Waals surface area contributed by atoms with Crippen LogP contribution in [0.15, 0.2) is 24.3 Å². The van der Waals surface area contributed by atoms with Crippen LogP contribution in [0.5, 0.6) is 0 Å². The number of ether oxygens (including phenoxy) is 1. The van der Waals surface area contributed by atoms with E-state index < -0.39 is 0 Å². The number of amides is 1. The third-order valence-electron chi connectivity index (χ3n) is 3.89. The molecule has 116 valence electrons. The van der Waals surface area contributed by atoms with Gasteiger partial charge >= 0.3 is 0 Å². The van der Waals surface area contributed by atoms with E-state index in [2.05, 4.69) is 36.6 Å². The molecule has 1 amide bonds. The molecule has 0 radical (unpaired) electrons. The van der Waals surface area contributed by atoms with Gasteiger partial charge in [-0.1, -0.05) is 19.1 Å². The number of carbonyl (C=O) groups excluding carboxylic acids is 1. The Kier molecular flexibility index (Phi) is 6.21. The van der Waals surface area contributed by atoms with E-state index in [0.29, 0.717) is 12.6 Å². The van der Waals surface area contributed by atoms with Gasteiger partial charge in [0, 0.05) is 18.3 Å². The Morgan fingerprint density at radius 3 is 3.05 bits per heavy atom. The van der Waals surface area contributed by atoms with Crippen LogP contribution in [-0.4, -0.2) is 25.7 Å². The Hall–Kier alpha value is -1.39. The van der Waals surface area contributed by atoms with Crippen molar-refractivity contribution in [3.63, 3.8) is 0 Å². The molecule has 1 aromatic carbocycles. The summed E-state index contributed by atoms with van der Waals surface area (Å²) in [5.41, 5.74) is 2.06. The molecule has 2 atom stereocenters. The maximum Gasteiger partial charge on any atom is 0.229 e. The average molecular weight is 290 g/mol. The molecule has 1 aromatic rings. The third-order valence-corrected chi connectivity index (χ3v) is 3.89. The fraction of sp³-hybridized carbons (Fsp3) is 0.588. The second kappa shape index (κ2) is 8.15. The van der Waals surface area contributed by atoms with Crippen LogP contribution in [0.1, 0.15) is 44.7 Å². The van der Waals surface area contributed by atoms with E-state index in [9.17, 15) is 4.79 Å². The molecule has 1 fully saturated rings. The van der Waals surface area contributed by atoms with Crippen LogP contribution in [0.25, 0.3) is 0 Å². The summed E-state index contributed by atoms with van der Waals surface area (Å²) in [6, 6.07) is 8.37. The van der Waals surface area contributed by atoms with Gasteiger partial charge in [0.15, 0.2) is 0 Å². The number of hydrogen-bond acceptors (Lipinski definition) is 3. The van der Waals surface area contributed by atoms with Gasteiger partial charge in [0.2, 0.25) is 5.91 Å². The second-order valence-corrected chi connectivity index (χ2v) is 5.70. The monoisotopic (exact) mass is 290 g/mol. The first kappa shape index (κ1) is 16.0. The Balaban J connectivity index is 1.95. The Morgan fingerprint density at radius 2 is 2.33 bits per heavy atom. The lowest BCUT2D eigenvalue weighted by Gasteiger charge is -2.21. The summed E-state index contributed by atoms with van der Waals surface area (Å²) in [4.78, 5) is 12.2. The smallest absolute Gasteiger partial charge is 0.229 e. The first-order chi connectivity index (χ1) is 10.2. The van der Waals surface area contributed by atoms with Gasteiger partial charge in [-0.3, -0.25) is 4.79 Å². The summed E-state index contributed by atoms with van der Waals surface area (Å²) in [6.45, 7) is 6.62. The molecule has 1 saturated heterocycles. The van der Waals surface area contributed by atoms with Crippen molar-refractivity contribution in [1.82, 2.24) is 5.32 Å². The Morgan fingerprint density at radius 1 is 1.48 bits per heavy atom. The van der Waals surface area contributed by atoms with E-state index in [-0.39, 0.29) is 11.8 Å². The van der Waals surface area contributed by atoms with Gasteiger partial charge in [-0.2, -0.15) is 0 Å². The molecule has 21 heavy (non-hydrogen) atoms. The van der Waals surface area contributed by atoms with E-state index in [4.69, 9.17) is 4.74 Å². The molecule has 0 aliphatic carbocycles. The van der Waals surface area contributed by atoms with Crippen molar-refractivity contribution in [2.75, 3.05) is 25.1 Å². The van der Waals surface area contributed by atoms with E-state index in [1.165, 1.54) is 5.56 Å². The predicted molar refractivity (Wildman–Crippen MR) is 85.3 cm³/mol. The molecule has 0 bridgehead atoms. The average Bonchev–Trinajstić information content (AvgIpc) is 2.53. The van der Waals surface area contributed by atoms with Gasteiger partial charge in [0.25, 0.3) is 0 Å². The molecule has 2 N–H and O–H groups in total. The van der Waals surface area contributed by atoms with Gasteiger partial charge < -0.3 is 15.4 Å². The highest BCUT2D eigenvalue weighted by Gasteiger charge is 2.21. The van der Waals surface area contributed by atoms with E-state index in [1.54, 1.807) is 0 Å². The van der Waals surface area contributed by atoms with Crippen molar-refractivity contribution in [3.05, 3.63) is 29.8 Å². The first-order valence-electron chi connectivity index (χ1n) is 7.92. The summed E-state index contributed by atoms with van der Waals surface area (Å²) in [5, 5.41) is 6.48. The minimum atomic E-state index is -0.0157. The van der Waals surface area contributed by atoms with Crippen molar-refractivity contribution in [2.24, 2.45) is 5.92 Å². The van der Waals surface area contributed by atoms with Crippen LogP contribution in [0.3, 0.4) is 0 Å². The zero-order valence-electron chi connectivity index (χ0n) is 13.0. The first-order valence-corrected chi connectivity index (χ1v) is 7.92. The molecule has 1 aliphatic rings. The fourth-order valence-electron chi connectivity index (χ4n) is 2.56. The lowest BCUT2D eigenvalue weighted by Crippen LogP contribution is -2.30. The Bertz CT molecular complexity index is 456. The summed E-state index contributed by atoms with van der Waals surface area (Å²) >= 11 is 0. The maximum absolute atomic E-state index is 12.2. The van der Waals surface area contributed by atoms with Gasteiger partial charge in [0.1, 0.15) is 0 Å². The number of rotatable bonds is 6. The quantitative estimate of drug-likeness (QED) is 0.846. The van der Waals surface area contributed by atoms with Crippen LogP contribution in [0.4, 0.5) is 5.69 Å². The summed E-state index contributed by atoms with van der Waals surface area (Å²) in [6.07, 6.45) is 3.00. The van der Waals surface area contributed by atoms with Crippen LogP contribution >= 0.6 is 0 Å². The second-order valence-electron chi connectivity index (χ2n) is 5.70. The van der Waals surface area contributed by atoms with Gasteiger partial charge in [0.05, 0.1) is 12.5 Å². The molecule has 2 rings (SSSR count).